The molecular formula is C24H31ClN2O3. The minimum absolute atomic E-state index is 0. The molecule has 2 aromatic rings. The summed E-state index contributed by atoms with van der Waals surface area (Å²) in [5.41, 5.74) is 5.00. The van der Waals surface area contributed by atoms with Crippen LogP contribution >= 0.6 is 0 Å². The highest BCUT2D eigenvalue weighted by atomic mass is 35.5. The van der Waals surface area contributed by atoms with E-state index < -0.39 is 11.6 Å². The molecule has 6 heteroatoms. The van der Waals surface area contributed by atoms with Crippen LogP contribution in [0.5, 0.6) is 0 Å². The Bertz CT molecular complexity index is 783. The Morgan fingerprint density at radius 3 is 2.07 bits per heavy atom. The number of piperidine rings is 3. The maximum absolute atomic E-state index is 13.4. The predicted molar refractivity (Wildman–Crippen MR) is 112 cm³/mol. The largest absolute Gasteiger partial charge is 1.00 e. The average Bonchev–Trinajstić information content (AvgIpc) is 2.79. The summed E-state index contributed by atoms with van der Waals surface area (Å²) in [7, 11) is 0. The van der Waals surface area contributed by atoms with Crippen molar-refractivity contribution >= 4 is 5.97 Å². The summed E-state index contributed by atoms with van der Waals surface area (Å²) in [5, 5.41) is 11.6. The number of benzene rings is 2. The summed E-state index contributed by atoms with van der Waals surface area (Å²) >= 11 is 0. The fourth-order valence-corrected chi connectivity index (χ4v) is 5.08. The SMILES string of the molecule is NCCC[N+]12CCC(CC1)[C@@H](OC(=O)C(O)(c1ccccc1)c1ccccc1)C2.[Cl-]. The molecule has 0 amide bonds. The number of carbonyl (C=O) groups is 1. The summed E-state index contributed by atoms with van der Waals surface area (Å²) in [6.45, 7) is 4.84. The fourth-order valence-electron chi connectivity index (χ4n) is 5.08. The third-order valence-electron chi connectivity index (χ3n) is 6.82. The molecule has 0 radical (unpaired) electrons. The molecule has 3 aliphatic rings. The second-order valence-corrected chi connectivity index (χ2v) is 8.56. The first-order valence-electron chi connectivity index (χ1n) is 10.7. The lowest BCUT2D eigenvalue weighted by Gasteiger charge is -2.52. The number of rotatable bonds is 7. The van der Waals surface area contributed by atoms with E-state index >= 15 is 0 Å². The van der Waals surface area contributed by atoms with Crippen LogP contribution < -0.4 is 18.1 Å². The van der Waals surface area contributed by atoms with Crippen LogP contribution in [-0.2, 0) is 15.1 Å². The second kappa shape index (κ2) is 9.48. The number of aliphatic hydroxyl groups is 1. The number of ether oxygens (including phenoxy) is 1. The van der Waals surface area contributed by atoms with Gasteiger partial charge in [0.15, 0.2) is 6.10 Å². The highest BCUT2D eigenvalue weighted by Crippen LogP contribution is 2.38. The number of nitrogens with two attached hydrogens (primary N) is 1. The van der Waals surface area contributed by atoms with E-state index in [2.05, 4.69) is 0 Å². The smallest absolute Gasteiger partial charge is 0.348 e. The quantitative estimate of drug-likeness (QED) is 0.456. The molecule has 0 spiro atoms. The van der Waals surface area contributed by atoms with Crippen LogP contribution in [0, 0.1) is 5.92 Å². The fraction of sp³-hybridized carbons (Fsp3) is 0.458. The van der Waals surface area contributed by atoms with E-state index in [1.54, 1.807) is 24.3 Å². The summed E-state index contributed by atoms with van der Waals surface area (Å²) in [5.74, 6) is -0.196. The third kappa shape index (κ3) is 4.26. The number of esters is 1. The molecule has 3 saturated heterocycles. The molecule has 3 N–H and O–H groups in total. The van der Waals surface area contributed by atoms with Crippen molar-refractivity contribution in [2.24, 2.45) is 11.7 Å². The summed E-state index contributed by atoms with van der Waals surface area (Å²) < 4.78 is 7.06. The van der Waals surface area contributed by atoms with Crippen molar-refractivity contribution in [3.63, 3.8) is 0 Å². The molecule has 5 nitrogen and oxygen atoms in total. The molecule has 1 atom stereocenters. The molecule has 0 aromatic heterocycles. The third-order valence-corrected chi connectivity index (χ3v) is 6.82. The molecule has 2 aromatic carbocycles. The number of hydrogen-bond donors (Lipinski definition) is 2. The Morgan fingerprint density at radius 2 is 1.57 bits per heavy atom. The van der Waals surface area contributed by atoms with Crippen LogP contribution in [0.25, 0.3) is 0 Å². The first-order chi connectivity index (χ1) is 14.1. The van der Waals surface area contributed by atoms with Gasteiger partial charge in [-0.1, -0.05) is 60.7 Å². The lowest BCUT2D eigenvalue weighted by Crippen LogP contribution is -3.00. The number of nitrogens with zero attached hydrogens (tertiary/aromatic N) is 1. The lowest BCUT2D eigenvalue weighted by atomic mass is 9.82. The van der Waals surface area contributed by atoms with Crippen LogP contribution in [0.3, 0.4) is 0 Å². The first-order valence-corrected chi connectivity index (χ1v) is 10.7. The van der Waals surface area contributed by atoms with E-state index in [4.69, 9.17) is 10.5 Å². The first kappa shape index (κ1) is 22.8. The number of halogens is 1. The van der Waals surface area contributed by atoms with Crippen LogP contribution in [0.1, 0.15) is 30.4 Å². The molecule has 0 unspecified atom stereocenters. The standard InChI is InChI=1S/C24H31N2O3.ClH/c25-14-7-15-26-16-12-19(13-17-26)22(18-26)29-23(27)24(28,20-8-3-1-4-9-20)21-10-5-2-6-11-21;/h1-6,8-11,19,22,28H,7,12-18,25H2;1H/q+1;/p-1/t19?,22-,26?;/m0./s1. The van der Waals surface area contributed by atoms with Crippen molar-refractivity contribution in [3.05, 3.63) is 71.8 Å². The molecule has 30 heavy (non-hydrogen) atoms. The van der Waals surface area contributed by atoms with Crippen LogP contribution in [-0.4, -0.2) is 54.4 Å². The highest BCUT2D eigenvalue weighted by Gasteiger charge is 2.50. The van der Waals surface area contributed by atoms with E-state index in [0.29, 0.717) is 23.6 Å². The summed E-state index contributed by atoms with van der Waals surface area (Å²) in [6.07, 6.45) is 2.97. The van der Waals surface area contributed by atoms with Gasteiger partial charge in [-0.2, -0.15) is 0 Å². The van der Waals surface area contributed by atoms with Gasteiger partial charge in [-0.25, -0.2) is 4.79 Å². The lowest BCUT2D eigenvalue weighted by molar-refractivity contribution is -0.946. The van der Waals surface area contributed by atoms with Gasteiger partial charge in [0, 0.05) is 25.2 Å². The summed E-state index contributed by atoms with van der Waals surface area (Å²) in [6, 6.07) is 18.2. The highest BCUT2D eigenvalue weighted by molar-refractivity contribution is 5.85. The minimum Gasteiger partial charge on any atom is -1.00 e. The van der Waals surface area contributed by atoms with Gasteiger partial charge in [-0.15, -0.1) is 0 Å². The normalized spacial score (nSPS) is 25.4. The molecular weight excluding hydrogens is 400 g/mol. The minimum atomic E-state index is -1.81. The molecule has 0 saturated carbocycles. The van der Waals surface area contributed by atoms with Gasteiger partial charge in [-0.05, 0) is 17.7 Å². The van der Waals surface area contributed by atoms with E-state index in [1.165, 1.54) is 0 Å². The molecule has 5 rings (SSSR count). The molecule has 162 valence electrons. The molecule has 0 aliphatic carbocycles. The van der Waals surface area contributed by atoms with Gasteiger partial charge in [0.25, 0.3) is 0 Å². The summed E-state index contributed by atoms with van der Waals surface area (Å²) in [4.78, 5) is 13.4. The van der Waals surface area contributed by atoms with E-state index in [1.807, 2.05) is 36.4 Å². The van der Waals surface area contributed by atoms with Gasteiger partial charge in [-0.3, -0.25) is 0 Å². The van der Waals surface area contributed by atoms with Crippen molar-refractivity contribution in [1.29, 1.82) is 0 Å². The van der Waals surface area contributed by atoms with Crippen molar-refractivity contribution in [3.8, 4) is 0 Å². The van der Waals surface area contributed by atoms with E-state index in [0.717, 1.165) is 49.9 Å². The second-order valence-electron chi connectivity index (χ2n) is 8.56. The van der Waals surface area contributed by atoms with Gasteiger partial charge in [0.1, 0.15) is 6.54 Å². The Morgan fingerprint density at radius 1 is 1.03 bits per heavy atom. The Hall–Kier alpha value is -1.92. The van der Waals surface area contributed by atoms with Crippen LogP contribution in [0.2, 0.25) is 0 Å². The number of carbonyl (C=O) groups excluding carboxylic acids is 1. The average molecular weight is 431 g/mol. The van der Waals surface area contributed by atoms with Gasteiger partial charge in [0.2, 0.25) is 5.60 Å². The van der Waals surface area contributed by atoms with Gasteiger partial charge >= 0.3 is 5.97 Å². The zero-order valence-electron chi connectivity index (χ0n) is 17.3. The number of fused-ring (bicyclic) bond motifs is 3. The van der Waals surface area contributed by atoms with Crippen LogP contribution in [0.4, 0.5) is 0 Å². The molecule has 3 fully saturated rings. The van der Waals surface area contributed by atoms with Gasteiger partial charge in [0.05, 0.1) is 19.6 Å². The van der Waals surface area contributed by atoms with Crippen molar-refractivity contribution in [1.82, 2.24) is 0 Å². The number of hydrogen-bond acceptors (Lipinski definition) is 4. The maximum atomic E-state index is 13.4. The van der Waals surface area contributed by atoms with Crippen molar-refractivity contribution in [2.45, 2.75) is 31.0 Å². The van der Waals surface area contributed by atoms with Crippen molar-refractivity contribution < 1.29 is 31.5 Å². The molecule has 2 bridgehead atoms. The maximum Gasteiger partial charge on any atom is 0.348 e. The number of quaternary nitrogens is 1. The topological polar surface area (TPSA) is 72.5 Å². The van der Waals surface area contributed by atoms with Crippen LogP contribution in [0.15, 0.2) is 60.7 Å². The van der Waals surface area contributed by atoms with Gasteiger partial charge < -0.3 is 32.5 Å². The zero-order valence-corrected chi connectivity index (χ0v) is 18.0. The molecule has 3 heterocycles. The van der Waals surface area contributed by atoms with Crippen molar-refractivity contribution in [2.75, 3.05) is 32.7 Å². The Balaban J connectivity index is 0.00000256. The monoisotopic (exact) mass is 430 g/mol. The van der Waals surface area contributed by atoms with E-state index in [9.17, 15) is 9.90 Å². The van der Waals surface area contributed by atoms with E-state index in [-0.39, 0.29) is 18.5 Å². The molecule has 3 aliphatic heterocycles. The Labute approximate surface area is 184 Å². The Kier molecular flexibility index (Phi) is 7.19. The predicted octanol–water partition coefficient (Wildman–Crippen LogP) is -0.572. The zero-order chi connectivity index (χ0) is 20.3.